The fourth-order valence-electron chi connectivity index (χ4n) is 3.59. The summed E-state index contributed by atoms with van der Waals surface area (Å²) in [5.74, 6) is 1.46. The Labute approximate surface area is 152 Å². The van der Waals surface area contributed by atoms with Gasteiger partial charge in [0.1, 0.15) is 6.04 Å². The van der Waals surface area contributed by atoms with Crippen molar-refractivity contribution in [2.24, 2.45) is 0 Å². The van der Waals surface area contributed by atoms with Gasteiger partial charge in [0.15, 0.2) is 11.5 Å². The summed E-state index contributed by atoms with van der Waals surface area (Å²) in [5.41, 5.74) is 1.12. The van der Waals surface area contributed by atoms with Crippen LogP contribution in [0.1, 0.15) is 19.4 Å². The average Bonchev–Trinajstić information content (AvgIpc) is 3.10. The fourth-order valence-corrected chi connectivity index (χ4v) is 3.59. The van der Waals surface area contributed by atoms with Crippen LogP contribution in [0.2, 0.25) is 0 Å². The first-order chi connectivity index (χ1) is 11.5. The lowest BCUT2D eigenvalue weighted by Crippen LogP contribution is -2.52. The van der Waals surface area contributed by atoms with Gasteiger partial charge in [-0.05, 0) is 31.5 Å². The molecule has 2 fully saturated rings. The van der Waals surface area contributed by atoms with Crippen molar-refractivity contribution in [3.05, 3.63) is 23.8 Å². The molecule has 3 aliphatic heterocycles. The lowest BCUT2D eigenvalue weighted by atomic mass is 10.1. The van der Waals surface area contributed by atoms with Crippen molar-refractivity contribution in [3.63, 3.8) is 0 Å². The minimum absolute atomic E-state index is 0. The maximum absolute atomic E-state index is 12.5. The molecule has 0 spiro atoms. The number of fused-ring (bicyclic) bond motifs is 2. The standard InChI is InChI=1S/C17H21N3O4.ClH/c1-11(2)20-16(21)13-9-18(5-6-19(13)17(20)22)8-12-3-4-14-15(7-12)24-10-23-14;/h3-4,7,11,13H,5-6,8-10H2,1-2H3;1H. The molecule has 0 saturated carbocycles. The highest BCUT2D eigenvalue weighted by Crippen LogP contribution is 2.33. The van der Waals surface area contributed by atoms with E-state index in [1.165, 1.54) is 4.90 Å². The highest BCUT2D eigenvalue weighted by molar-refractivity contribution is 6.04. The van der Waals surface area contributed by atoms with E-state index in [0.717, 1.165) is 30.2 Å². The van der Waals surface area contributed by atoms with Gasteiger partial charge in [-0.25, -0.2) is 4.79 Å². The summed E-state index contributed by atoms with van der Waals surface area (Å²) in [7, 11) is 0. The molecule has 1 aromatic rings. The summed E-state index contributed by atoms with van der Waals surface area (Å²) in [4.78, 5) is 30.2. The van der Waals surface area contributed by atoms with Crippen molar-refractivity contribution in [2.45, 2.75) is 32.5 Å². The zero-order valence-corrected chi connectivity index (χ0v) is 15.1. The number of amides is 3. The number of benzene rings is 1. The summed E-state index contributed by atoms with van der Waals surface area (Å²) in [6.45, 7) is 6.66. The molecule has 1 aromatic carbocycles. The minimum atomic E-state index is -0.359. The molecule has 3 heterocycles. The highest BCUT2D eigenvalue weighted by atomic mass is 35.5. The number of hydrogen-bond acceptors (Lipinski definition) is 5. The van der Waals surface area contributed by atoms with Crippen molar-refractivity contribution in [2.75, 3.05) is 26.4 Å². The third-order valence-electron chi connectivity index (χ3n) is 4.80. The van der Waals surface area contributed by atoms with Gasteiger partial charge in [-0.1, -0.05) is 6.07 Å². The predicted molar refractivity (Wildman–Crippen MR) is 93.0 cm³/mol. The summed E-state index contributed by atoms with van der Waals surface area (Å²) in [5, 5.41) is 0. The van der Waals surface area contributed by atoms with Gasteiger partial charge in [-0.3, -0.25) is 14.6 Å². The summed E-state index contributed by atoms with van der Waals surface area (Å²) in [6, 6.07) is 5.31. The second-order valence-electron chi connectivity index (χ2n) is 6.72. The molecule has 7 nitrogen and oxygen atoms in total. The minimum Gasteiger partial charge on any atom is -0.454 e. The van der Waals surface area contributed by atoms with Crippen LogP contribution in [0.3, 0.4) is 0 Å². The fraction of sp³-hybridized carbons (Fsp3) is 0.529. The van der Waals surface area contributed by atoms with E-state index in [9.17, 15) is 9.59 Å². The van der Waals surface area contributed by atoms with Crippen LogP contribution in [-0.4, -0.2) is 65.1 Å². The molecule has 1 unspecified atom stereocenters. The Morgan fingerprint density at radius 3 is 2.68 bits per heavy atom. The molecule has 3 amide bonds. The zero-order valence-electron chi connectivity index (χ0n) is 14.3. The van der Waals surface area contributed by atoms with Crippen molar-refractivity contribution >= 4 is 24.3 Å². The lowest BCUT2D eigenvalue weighted by Gasteiger charge is -2.35. The number of carbonyl (C=O) groups is 2. The quantitative estimate of drug-likeness (QED) is 0.761. The number of urea groups is 1. The Kier molecular flexibility index (Phi) is 4.79. The Morgan fingerprint density at radius 1 is 1.16 bits per heavy atom. The number of hydrogen-bond donors (Lipinski definition) is 0. The molecule has 8 heteroatoms. The van der Waals surface area contributed by atoms with Crippen molar-refractivity contribution in [1.29, 1.82) is 0 Å². The van der Waals surface area contributed by atoms with E-state index in [0.29, 0.717) is 13.1 Å². The third kappa shape index (κ3) is 3.02. The topological polar surface area (TPSA) is 62.3 Å². The molecule has 0 aromatic heterocycles. The molecule has 0 N–H and O–H groups in total. The van der Waals surface area contributed by atoms with E-state index in [1.54, 1.807) is 4.90 Å². The number of ether oxygens (including phenoxy) is 2. The SMILES string of the molecule is CC(C)N1C(=O)C2CN(Cc3ccc4c(c3)OCO4)CCN2C1=O.Cl. The Bertz CT molecular complexity index is 696. The zero-order chi connectivity index (χ0) is 16.8. The summed E-state index contributed by atoms with van der Waals surface area (Å²) in [6.07, 6.45) is 0. The number of halogens is 1. The van der Waals surface area contributed by atoms with Gasteiger partial charge >= 0.3 is 6.03 Å². The van der Waals surface area contributed by atoms with E-state index >= 15 is 0 Å². The highest BCUT2D eigenvalue weighted by Gasteiger charge is 2.48. The van der Waals surface area contributed by atoms with Crippen LogP contribution in [0.4, 0.5) is 4.79 Å². The number of carbonyl (C=O) groups excluding carboxylic acids is 2. The first kappa shape index (κ1) is 17.8. The maximum atomic E-state index is 12.5. The largest absolute Gasteiger partial charge is 0.454 e. The van der Waals surface area contributed by atoms with Crippen LogP contribution in [-0.2, 0) is 11.3 Å². The second kappa shape index (κ2) is 6.72. The van der Waals surface area contributed by atoms with E-state index in [4.69, 9.17) is 9.47 Å². The second-order valence-corrected chi connectivity index (χ2v) is 6.72. The summed E-state index contributed by atoms with van der Waals surface area (Å²) < 4.78 is 10.7. The van der Waals surface area contributed by atoms with Crippen LogP contribution in [0, 0.1) is 0 Å². The van der Waals surface area contributed by atoms with Gasteiger partial charge in [0.05, 0.1) is 0 Å². The Hall–Kier alpha value is -1.99. The smallest absolute Gasteiger partial charge is 0.327 e. The van der Waals surface area contributed by atoms with Gasteiger partial charge < -0.3 is 14.4 Å². The Morgan fingerprint density at radius 2 is 1.92 bits per heavy atom. The molecule has 1 atom stereocenters. The molecule has 2 saturated heterocycles. The lowest BCUT2D eigenvalue weighted by molar-refractivity contribution is -0.130. The monoisotopic (exact) mass is 367 g/mol. The van der Waals surface area contributed by atoms with E-state index in [1.807, 2.05) is 32.0 Å². The first-order valence-electron chi connectivity index (χ1n) is 8.29. The molecular weight excluding hydrogens is 346 g/mol. The van der Waals surface area contributed by atoms with Crippen molar-refractivity contribution in [3.8, 4) is 11.5 Å². The normalized spacial score (nSPS) is 22.4. The molecule has 136 valence electrons. The van der Waals surface area contributed by atoms with Gasteiger partial charge in [0.2, 0.25) is 6.79 Å². The molecule has 25 heavy (non-hydrogen) atoms. The van der Waals surface area contributed by atoms with Crippen LogP contribution in [0.15, 0.2) is 18.2 Å². The van der Waals surface area contributed by atoms with Gasteiger partial charge in [-0.15, -0.1) is 12.4 Å². The maximum Gasteiger partial charge on any atom is 0.327 e. The van der Waals surface area contributed by atoms with Gasteiger partial charge in [0.25, 0.3) is 5.91 Å². The predicted octanol–water partition coefficient (Wildman–Crippen LogP) is 1.69. The van der Waals surface area contributed by atoms with Crippen LogP contribution >= 0.6 is 12.4 Å². The van der Waals surface area contributed by atoms with E-state index in [2.05, 4.69) is 4.90 Å². The average molecular weight is 368 g/mol. The third-order valence-corrected chi connectivity index (χ3v) is 4.80. The van der Waals surface area contributed by atoms with E-state index < -0.39 is 0 Å². The number of imide groups is 1. The summed E-state index contributed by atoms with van der Waals surface area (Å²) >= 11 is 0. The van der Waals surface area contributed by atoms with Gasteiger partial charge in [0, 0.05) is 32.2 Å². The van der Waals surface area contributed by atoms with Crippen LogP contribution in [0.25, 0.3) is 0 Å². The molecule has 0 radical (unpaired) electrons. The number of piperazine rings is 1. The number of nitrogens with zero attached hydrogens (tertiary/aromatic N) is 3. The van der Waals surface area contributed by atoms with Crippen LogP contribution in [0.5, 0.6) is 11.5 Å². The van der Waals surface area contributed by atoms with Crippen LogP contribution < -0.4 is 9.47 Å². The molecule has 0 bridgehead atoms. The molecule has 4 rings (SSSR count). The van der Waals surface area contributed by atoms with Gasteiger partial charge in [-0.2, -0.15) is 0 Å². The molecular formula is C17H22ClN3O4. The Balaban J connectivity index is 0.00000182. The van der Waals surface area contributed by atoms with Crippen molar-refractivity contribution in [1.82, 2.24) is 14.7 Å². The van der Waals surface area contributed by atoms with E-state index in [-0.39, 0.29) is 43.2 Å². The molecule has 0 aliphatic carbocycles. The molecule has 3 aliphatic rings. The first-order valence-corrected chi connectivity index (χ1v) is 8.29. The van der Waals surface area contributed by atoms with Crippen molar-refractivity contribution < 1.29 is 19.1 Å². The number of rotatable bonds is 3.